The number of hydrogen-bond donors (Lipinski definition) is 2. The van der Waals surface area contributed by atoms with Gasteiger partial charge in [0.05, 0.1) is 11.3 Å². The van der Waals surface area contributed by atoms with E-state index < -0.39 is 5.97 Å². The number of carboxylic acid groups (broad SMARTS) is 1. The van der Waals surface area contributed by atoms with Crippen molar-refractivity contribution >= 4 is 11.8 Å². The molecule has 1 atom stereocenters. The third kappa shape index (κ3) is 6.08. The molecule has 3 N–H and O–H groups in total. The second kappa shape index (κ2) is 13.1. The van der Waals surface area contributed by atoms with E-state index in [1.165, 1.54) is 40.1 Å². The summed E-state index contributed by atoms with van der Waals surface area (Å²) in [6.45, 7) is 8.28. The van der Waals surface area contributed by atoms with Gasteiger partial charge in [0.25, 0.3) is 0 Å². The van der Waals surface area contributed by atoms with Crippen LogP contribution in [0, 0.1) is 0 Å². The highest BCUT2D eigenvalue weighted by Gasteiger charge is 2.29. The maximum Gasteiger partial charge on any atom is 0.333 e. The number of anilines is 1. The first-order valence-electron chi connectivity index (χ1n) is 15.4. The number of ether oxygens (including phenoxy) is 1. The Bertz CT molecular complexity index is 1460. The predicted octanol–water partition coefficient (Wildman–Crippen LogP) is 7.03. The Hall–Kier alpha value is -3.68. The number of allylic oxidation sites excluding steroid dienone is 1. The number of hydrogen-bond acceptors (Lipinski definition) is 6. The molecule has 7 heteroatoms. The van der Waals surface area contributed by atoms with Gasteiger partial charge in [-0.25, -0.2) is 15.6 Å². The van der Waals surface area contributed by atoms with Crippen LogP contribution in [0.3, 0.4) is 0 Å². The molecule has 0 radical (unpaired) electrons. The maximum atomic E-state index is 11.8. The number of likely N-dealkylation sites (tertiary alicyclic amines) is 1. The fraction of sp³-hybridized carbons (Fsp3) is 0.429. The van der Waals surface area contributed by atoms with Gasteiger partial charge in [0, 0.05) is 16.8 Å². The number of carbonyl (C=O) groups is 1. The molecule has 1 aliphatic carbocycles. The topological polar surface area (TPSA) is 91.9 Å². The Morgan fingerprint density at radius 2 is 1.81 bits per heavy atom. The Morgan fingerprint density at radius 3 is 2.50 bits per heavy atom. The van der Waals surface area contributed by atoms with Crippen LogP contribution in [0.2, 0.25) is 0 Å². The van der Waals surface area contributed by atoms with Crippen molar-refractivity contribution in [2.75, 3.05) is 25.1 Å². The number of pyridine rings is 1. The van der Waals surface area contributed by atoms with Crippen molar-refractivity contribution in [1.29, 1.82) is 0 Å². The maximum absolute atomic E-state index is 11.8. The van der Waals surface area contributed by atoms with E-state index in [0.29, 0.717) is 35.8 Å². The van der Waals surface area contributed by atoms with Gasteiger partial charge < -0.3 is 14.7 Å². The first-order valence-corrected chi connectivity index (χ1v) is 15.4. The summed E-state index contributed by atoms with van der Waals surface area (Å²) in [6.07, 6.45) is 6.08. The molecule has 5 rings (SSSR count). The van der Waals surface area contributed by atoms with E-state index >= 15 is 0 Å². The summed E-state index contributed by atoms with van der Waals surface area (Å²) in [7, 11) is 2.21. The summed E-state index contributed by atoms with van der Waals surface area (Å²) in [6, 6.07) is 18.8. The van der Waals surface area contributed by atoms with Crippen molar-refractivity contribution < 1.29 is 14.6 Å². The van der Waals surface area contributed by atoms with Gasteiger partial charge in [-0.15, -0.1) is 0 Å². The van der Waals surface area contributed by atoms with Crippen LogP contribution in [-0.2, 0) is 17.6 Å². The Kier molecular flexibility index (Phi) is 9.29. The first-order chi connectivity index (χ1) is 20.3. The van der Waals surface area contributed by atoms with Gasteiger partial charge in [-0.1, -0.05) is 51.1 Å². The molecule has 0 bridgehead atoms. The summed E-state index contributed by atoms with van der Waals surface area (Å²) >= 11 is 0. The normalized spacial score (nSPS) is 18.0. The average molecular weight is 569 g/mol. The molecular weight excluding hydrogens is 524 g/mol. The van der Waals surface area contributed by atoms with Gasteiger partial charge >= 0.3 is 5.97 Å². The molecule has 222 valence electrons. The molecule has 0 unspecified atom stereocenters. The number of nitrogens with zero attached hydrogens (tertiary/aromatic N) is 3. The van der Waals surface area contributed by atoms with Gasteiger partial charge in [0.1, 0.15) is 17.7 Å². The first kappa shape index (κ1) is 29.8. The minimum atomic E-state index is -0.951. The predicted molar refractivity (Wildman–Crippen MR) is 169 cm³/mol. The Balaban J connectivity index is 1.43. The van der Waals surface area contributed by atoms with Crippen LogP contribution in [0.15, 0.2) is 65.9 Å². The van der Waals surface area contributed by atoms with E-state index in [0.717, 1.165) is 49.4 Å². The average Bonchev–Trinajstić information content (AvgIpc) is 3.42. The number of carboxylic acids is 1. The monoisotopic (exact) mass is 568 g/mol. The van der Waals surface area contributed by atoms with Crippen LogP contribution in [-0.4, -0.2) is 41.1 Å². The van der Waals surface area contributed by atoms with Crippen molar-refractivity contribution in [3.63, 3.8) is 0 Å². The lowest BCUT2D eigenvalue weighted by molar-refractivity contribution is -0.132. The Labute approximate surface area is 250 Å². The molecule has 7 nitrogen and oxygen atoms in total. The van der Waals surface area contributed by atoms with E-state index in [1.807, 2.05) is 32.0 Å². The summed E-state index contributed by atoms with van der Waals surface area (Å²) in [5, 5.41) is 11.1. The van der Waals surface area contributed by atoms with Crippen LogP contribution in [0.5, 0.6) is 5.75 Å². The quantitative estimate of drug-likeness (QED) is 0.154. The van der Waals surface area contributed by atoms with Crippen LogP contribution < -0.4 is 15.6 Å². The highest BCUT2D eigenvalue weighted by molar-refractivity contribution is 5.88. The van der Waals surface area contributed by atoms with Crippen molar-refractivity contribution in [3.8, 4) is 17.0 Å². The van der Waals surface area contributed by atoms with Crippen molar-refractivity contribution in [3.05, 3.63) is 88.1 Å². The van der Waals surface area contributed by atoms with Crippen LogP contribution in [0.1, 0.15) is 87.2 Å². The minimum Gasteiger partial charge on any atom is -0.486 e. The van der Waals surface area contributed by atoms with Gasteiger partial charge in [-0.2, -0.15) is 0 Å². The van der Waals surface area contributed by atoms with E-state index in [-0.39, 0.29) is 6.10 Å². The molecule has 2 aliphatic rings. The fourth-order valence-corrected chi connectivity index (χ4v) is 6.68. The van der Waals surface area contributed by atoms with E-state index in [1.54, 1.807) is 0 Å². The number of aryl methyl sites for hydroxylation is 2. The van der Waals surface area contributed by atoms with Gasteiger partial charge in [-0.3, -0.25) is 5.01 Å². The molecule has 2 heterocycles. The SMILES string of the molecule is CC/C(C(=O)O)=C(/CC)N(N)c1cccc(-c2cccc3c2[C@@H](Oc2ccc(C4CCN(C)CC4)c(CC)c2)CC3)n1. The number of hydrazine groups is 1. The van der Waals surface area contributed by atoms with Gasteiger partial charge in [0.15, 0.2) is 0 Å². The zero-order valence-electron chi connectivity index (χ0n) is 25.4. The molecule has 0 saturated carbocycles. The molecule has 1 aliphatic heterocycles. The second-order valence-corrected chi connectivity index (χ2v) is 11.5. The lowest BCUT2D eigenvalue weighted by Gasteiger charge is -2.30. The van der Waals surface area contributed by atoms with Crippen LogP contribution in [0.4, 0.5) is 5.82 Å². The van der Waals surface area contributed by atoms with Gasteiger partial charge in [-0.05, 0) is 112 Å². The van der Waals surface area contributed by atoms with Crippen LogP contribution in [0.25, 0.3) is 11.3 Å². The lowest BCUT2D eigenvalue weighted by Crippen LogP contribution is -2.32. The standard InChI is InChI=1S/C35H44N4O3/c1-5-23-22-26(15-16-28(23)24-18-20-38(4)21-19-24)42-32-17-14-25-10-8-11-29(34(25)32)30-12-9-13-33(37-30)39(36)31(7-3)27(6-2)35(40)41/h8-13,15-16,22,24,32H,5-7,14,17-21,36H2,1-4H3,(H,40,41)/b31-27+/t32-/m0/s1. The number of rotatable bonds is 10. The molecule has 0 amide bonds. The van der Waals surface area contributed by atoms with Crippen molar-refractivity contribution in [2.24, 2.45) is 5.84 Å². The van der Waals surface area contributed by atoms with Crippen LogP contribution >= 0.6 is 0 Å². The number of benzene rings is 2. The summed E-state index contributed by atoms with van der Waals surface area (Å²) < 4.78 is 6.73. The number of nitrogens with two attached hydrogens (primary N) is 1. The largest absolute Gasteiger partial charge is 0.486 e. The zero-order chi connectivity index (χ0) is 29.8. The van der Waals surface area contributed by atoms with E-state index in [4.69, 9.17) is 15.6 Å². The molecule has 1 fully saturated rings. The van der Waals surface area contributed by atoms with E-state index in [9.17, 15) is 9.90 Å². The summed E-state index contributed by atoms with van der Waals surface area (Å²) in [5.41, 5.74) is 8.01. The molecule has 1 aromatic heterocycles. The summed E-state index contributed by atoms with van der Waals surface area (Å²) in [4.78, 5) is 19.2. The molecular formula is C35H44N4O3. The minimum absolute atomic E-state index is 0.0701. The number of aromatic nitrogens is 1. The van der Waals surface area contributed by atoms with Crippen molar-refractivity contribution in [1.82, 2.24) is 9.88 Å². The second-order valence-electron chi connectivity index (χ2n) is 11.5. The highest BCUT2D eigenvalue weighted by Crippen LogP contribution is 2.42. The highest BCUT2D eigenvalue weighted by atomic mass is 16.5. The Morgan fingerprint density at radius 1 is 1.05 bits per heavy atom. The molecule has 0 spiro atoms. The lowest BCUT2D eigenvalue weighted by atomic mass is 9.86. The number of piperidine rings is 1. The molecule has 2 aromatic carbocycles. The summed E-state index contributed by atoms with van der Waals surface area (Å²) in [5.74, 6) is 7.58. The number of fused-ring (bicyclic) bond motifs is 1. The van der Waals surface area contributed by atoms with Crippen molar-refractivity contribution in [2.45, 2.75) is 77.7 Å². The number of aliphatic carboxylic acids is 1. The van der Waals surface area contributed by atoms with E-state index in [2.05, 4.69) is 55.3 Å². The molecule has 3 aromatic rings. The molecule has 42 heavy (non-hydrogen) atoms. The third-order valence-corrected chi connectivity index (χ3v) is 8.97. The van der Waals surface area contributed by atoms with Gasteiger partial charge in [0.2, 0.25) is 0 Å². The zero-order valence-corrected chi connectivity index (χ0v) is 25.4. The smallest absolute Gasteiger partial charge is 0.333 e. The fourth-order valence-electron chi connectivity index (χ4n) is 6.68. The molecule has 1 saturated heterocycles. The third-order valence-electron chi connectivity index (χ3n) is 8.97.